The minimum Gasteiger partial charge on any atom is -0.466 e. The van der Waals surface area contributed by atoms with Crippen molar-refractivity contribution in [1.82, 2.24) is 0 Å². The molecule has 2 saturated heterocycles. The van der Waals surface area contributed by atoms with Crippen LogP contribution in [-0.2, 0) is 19.1 Å². The zero-order chi connectivity index (χ0) is 19.9. The summed E-state index contributed by atoms with van der Waals surface area (Å²) in [6.45, 7) is 11.7. The molecule has 4 aliphatic rings. The third-order valence-corrected chi connectivity index (χ3v) is 8.07. The fourth-order valence-corrected chi connectivity index (χ4v) is 6.60. The summed E-state index contributed by atoms with van der Waals surface area (Å²) in [5.74, 6) is 0.719. The molecule has 2 aliphatic carbocycles. The van der Waals surface area contributed by atoms with Crippen LogP contribution in [0.5, 0.6) is 0 Å². The van der Waals surface area contributed by atoms with Crippen molar-refractivity contribution in [3.05, 3.63) is 12.2 Å². The number of allylic oxidation sites excluding steroid dienone is 1. The van der Waals surface area contributed by atoms with Crippen molar-refractivity contribution < 1.29 is 24.0 Å². The minimum absolute atomic E-state index is 0.00591. The Morgan fingerprint density at radius 1 is 1.39 bits per heavy atom. The van der Waals surface area contributed by atoms with Crippen molar-refractivity contribution in [2.45, 2.75) is 64.9 Å². The molecule has 0 aromatic rings. The highest BCUT2D eigenvalue weighted by Crippen LogP contribution is 2.56. The number of likely N-dealkylation sites (tertiary alicyclic amines) is 1. The van der Waals surface area contributed by atoms with E-state index in [1.165, 1.54) is 23.3 Å². The van der Waals surface area contributed by atoms with E-state index in [1.807, 2.05) is 6.92 Å². The topological polar surface area (TPSA) is 57.0 Å². The molecule has 5 heteroatoms. The van der Waals surface area contributed by atoms with Crippen LogP contribution >= 0.6 is 0 Å². The Labute approximate surface area is 168 Å². The van der Waals surface area contributed by atoms with Crippen molar-refractivity contribution in [2.24, 2.45) is 29.1 Å². The Morgan fingerprint density at radius 3 is 3.00 bits per heavy atom. The predicted octanol–water partition coefficient (Wildman–Crippen LogP) is 2.16. The average molecular weight is 391 g/mol. The molecule has 4 fully saturated rings. The molecular formula is C23H36NO4+. The van der Waals surface area contributed by atoms with Gasteiger partial charge in [-0.3, -0.25) is 9.59 Å². The summed E-state index contributed by atoms with van der Waals surface area (Å²) in [5, 5.41) is 0. The molecule has 2 saturated carbocycles. The number of esters is 2. The van der Waals surface area contributed by atoms with Crippen molar-refractivity contribution in [1.29, 1.82) is 0 Å². The largest absolute Gasteiger partial charge is 0.466 e. The van der Waals surface area contributed by atoms with Crippen molar-refractivity contribution >= 4 is 11.9 Å². The van der Waals surface area contributed by atoms with Gasteiger partial charge in [0.25, 0.3) is 0 Å². The van der Waals surface area contributed by atoms with E-state index < -0.39 is 0 Å². The first-order valence-electron chi connectivity index (χ1n) is 11.3. The van der Waals surface area contributed by atoms with Crippen LogP contribution < -0.4 is 4.90 Å². The molecule has 0 amide bonds. The maximum Gasteiger partial charge on any atom is 0.315 e. The molecule has 7 atom stereocenters. The summed E-state index contributed by atoms with van der Waals surface area (Å²) in [5.41, 5.74) is 1.64. The van der Waals surface area contributed by atoms with E-state index in [4.69, 9.17) is 9.47 Å². The van der Waals surface area contributed by atoms with Gasteiger partial charge in [-0.25, -0.2) is 0 Å². The minimum atomic E-state index is -0.0708. The van der Waals surface area contributed by atoms with Gasteiger partial charge < -0.3 is 14.4 Å². The lowest BCUT2D eigenvalue weighted by Crippen LogP contribution is -3.14. The molecule has 1 unspecified atom stereocenters. The van der Waals surface area contributed by atoms with E-state index in [0.29, 0.717) is 18.4 Å². The number of carbonyl (C=O) groups is 2. The van der Waals surface area contributed by atoms with Gasteiger partial charge >= 0.3 is 11.9 Å². The molecule has 2 heterocycles. The highest BCUT2D eigenvalue weighted by molar-refractivity contribution is 5.75. The summed E-state index contributed by atoms with van der Waals surface area (Å²) in [4.78, 5) is 26.3. The number of quaternary nitrogens is 1. The van der Waals surface area contributed by atoms with Crippen LogP contribution in [-0.4, -0.2) is 44.3 Å². The predicted molar refractivity (Wildman–Crippen MR) is 106 cm³/mol. The monoisotopic (exact) mass is 390 g/mol. The first kappa shape index (κ1) is 19.9. The average Bonchev–Trinajstić information content (AvgIpc) is 2.94. The zero-order valence-corrected chi connectivity index (χ0v) is 17.5. The van der Waals surface area contributed by atoms with E-state index in [2.05, 4.69) is 13.5 Å². The van der Waals surface area contributed by atoms with Crippen LogP contribution in [0.25, 0.3) is 0 Å². The van der Waals surface area contributed by atoms with Gasteiger partial charge in [0.2, 0.25) is 0 Å². The highest BCUT2D eigenvalue weighted by atomic mass is 16.6. The van der Waals surface area contributed by atoms with Crippen LogP contribution in [0.3, 0.4) is 0 Å². The fourth-order valence-electron chi connectivity index (χ4n) is 6.60. The number of hydrogen-bond donors (Lipinski definition) is 1. The molecule has 0 bridgehead atoms. The molecule has 0 radical (unpaired) electrons. The molecule has 0 aromatic carbocycles. The Morgan fingerprint density at radius 2 is 2.21 bits per heavy atom. The first-order valence-corrected chi connectivity index (χ1v) is 11.3. The summed E-state index contributed by atoms with van der Waals surface area (Å²) in [7, 11) is 0. The molecular weight excluding hydrogens is 354 g/mol. The van der Waals surface area contributed by atoms with Crippen LogP contribution in [0, 0.1) is 29.1 Å². The lowest BCUT2D eigenvalue weighted by molar-refractivity contribution is -0.910. The zero-order valence-electron chi connectivity index (χ0n) is 17.5. The third kappa shape index (κ3) is 3.62. The first-order chi connectivity index (χ1) is 13.4. The Kier molecular flexibility index (Phi) is 5.56. The van der Waals surface area contributed by atoms with Crippen LogP contribution in [0.1, 0.15) is 58.8 Å². The number of rotatable bonds is 4. The molecule has 1 N–H and O–H groups in total. The fraction of sp³-hybridized carbons (Fsp3) is 0.826. The lowest BCUT2D eigenvalue weighted by atomic mass is 9.55. The second kappa shape index (κ2) is 7.81. The van der Waals surface area contributed by atoms with Crippen molar-refractivity contribution in [3.63, 3.8) is 0 Å². The molecule has 2 aliphatic heterocycles. The smallest absolute Gasteiger partial charge is 0.315 e. The van der Waals surface area contributed by atoms with Crippen molar-refractivity contribution in [3.8, 4) is 0 Å². The van der Waals surface area contributed by atoms with E-state index in [9.17, 15) is 9.59 Å². The van der Waals surface area contributed by atoms with Gasteiger partial charge in [0, 0.05) is 5.92 Å². The maximum atomic E-state index is 12.8. The number of hydrogen-bond acceptors (Lipinski definition) is 4. The second-order valence-corrected chi connectivity index (χ2v) is 9.90. The number of fused-ring (bicyclic) bond motifs is 2. The molecule has 0 spiro atoms. The van der Waals surface area contributed by atoms with E-state index in [1.54, 1.807) is 0 Å². The molecule has 4 rings (SSSR count). The van der Waals surface area contributed by atoms with Gasteiger partial charge in [-0.1, -0.05) is 19.1 Å². The van der Waals surface area contributed by atoms with Gasteiger partial charge in [0.05, 0.1) is 26.2 Å². The van der Waals surface area contributed by atoms with Gasteiger partial charge in [0.15, 0.2) is 0 Å². The number of ether oxygens (including phenoxy) is 2. The summed E-state index contributed by atoms with van der Waals surface area (Å²) >= 11 is 0. The summed E-state index contributed by atoms with van der Waals surface area (Å²) in [6.07, 6.45) is 7.62. The SMILES string of the molecule is C=C1CCC[C@@]2(C)C[C@@H]3OC(=O)[C@@H](C[NH+]4CCC[C@@H](C(=O)OCC)C4)[C@H]3C[C@H]12. The van der Waals surface area contributed by atoms with Crippen LogP contribution in [0.4, 0.5) is 0 Å². The summed E-state index contributed by atoms with van der Waals surface area (Å²) < 4.78 is 11.1. The maximum absolute atomic E-state index is 12.8. The Hall–Kier alpha value is -1.36. The van der Waals surface area contributed by atoms with Gasteiger partial charge in [-0.2, -0.15) is 0 Å². The van der Waals surface area contributed by atoms with E-state index >= 15 is 0 Å². The van der Waals surface area contributed by atoms with E-state index in [0.717, 1.165) is 51.7 Å². The number of carbonyl (C=O) groups excluding carboxylic acids is 2. The van der Waals surface area contributed by atoms with Crippen molar-refractivity contribution in [2.75, 3.05) is 26.2 Å². The molecule has 5 nitrogen and oxygen atoms in total. The molecule has 0 aromatic heterocycles. The second-order valence-electron chi connectivity index (χ2n) is 9.90. The highest BCUT2D eigenvalue weighted by Gasteiger charge is 2.56. The molecule has 28 heavy (non-hydrogen) atoms. The number of piperidine rings is 1. The van der Waals surface area contributed by atoms with Gasteiger partial charge in [-0.05, 0) is 63.2 Å². The van der Waals surface area contributed by atoms with Crippen LogP contribution in [0.2, 0.25) is 0 Å². The third-order valence-electron chi connectivity index (χ3n) is 8.07. The quantitative estimate of drug-likeness (QED) is 0.590. The van der Waals surface area contributed by atoms with Crippen LogP contribution in [0.15, 0.2) is 12.2 Å². The Balaban J connectivity index is 1.43. The standard InChI is InChI=1S/C23H35NO4/c1-4-27-21(25)16-8-6-10-24(13-16)14-18-17-11-19-15(2)7-5-9-23(19,3)12-20(17)28-22(18)26/h16-20H,2,4-14H2,1,3H3/p+1/t16-,17-,18+,19-,20+,23+/m1/s1. The number of nitrogens with one attached hydrogen (secondary N) is 1. The lowest BCUT2D eigenvalue weighted by Gasteiger charge is -2.50. The summed E-state index contributed by atoms with van der Waals surface area (Å²) in [6, 6.07) is 0. The van der Waals surface area contributed by atoms with E-state index in [-0.39, 0.29) is 35.3 Å². The normalized spacial score (nSPS) is 43.1. The van der Waals surface area contributed by atoms with Gasteiger partial charge in [-0.15, -0.1) is 0 Å². The molecule has 156 valence electrons. The van der Waals surface area contributed by atoms with Gasteiger partial charge in [0.1, 0.15) is 17.9 Å². The Bertz CT molecular complexity index is 647.